The van der Waals surface area contributed by atoms with Gasteiger partial charge in [0.15, 0.2) is 0 Å². The zero-order valence-electron chi connectivity index (χ0n) is 15.2. The fourth-order valence-corrected chi connectivity index (χ4v) is 3.79. The molecule has 0 fully saturated rings. The van der Waals surface area contributed by atoms with Gasteiger partial charge in [0.25, 0.3) is 0 Å². The predicted octanol–water partition coefficient (Wildman–Crippen LogP) is 5.38. The van der Waals surface area contributed by atoms with Crippen molar-refractivity contribution in [3.8, 4) is 11.5 Å². The lowest BCUT2D eigenvalue weighted by molar-refractivity contribution is 0.414. The Morgan fingerprint density at radius 3 is 2.41 bits per heavy atom. The van der Waals surface area contributed by atoms with Gasteiger partial charge in [0, 0.05) is 34.1 Å². The highest BCUT2D eigenvalue weighted by molar-refractivity contribution is 5.86. The van der Waals surface area contributed by atoms with Gasteiger partial charge >= 0.3 is 0 Å². The minimum Gasteiger partial charge on any atom is -0.508 e. The van der Waals surface area contributed by atoms with E-state index >= 15 is 0 Å². The van der Waals surface area contributed by atoms with E-state index in [1.165, 1.54) is 6.07 Å². The third kappa shape index (κ3) is 2.74. The van der Waals surface area contributed by atoms with Crippen molar-refractivity contribution < 1.29 is 14.2 Å². The van der Waals surface area contributed by atoms with E-state index < -0.39 is 11.2 Å². The average Bonchev–Trinajstić information content (AvgIpc) is 3.12. The van der Waals surface area contributed by atoms with Crippen LogP contribution in [-0.2, 0) is 5.41 Å². The molecular formula is C23H20FNO2. The number of phenolic OH excluding ortho intramolecular Hbond substituents is 1. The standard InChI is InChI=1S/C23H20FNO2/c1-23(15-7-10-17(27-2)11-8-15,19-12-9-16(24)13-22(19)26)20-14-25-21-6-4-3-5-18(20)21/h3-14,25-26H,1-2H3/t23-/m1/s1. The Balaban J connectivity index is 2.02. The SMILES string of the molecule is COc1ccc([C@](C)(c2ccc(F)cc2O)c2c[nH]c3ccccc23)cc1. The first-order chi connectivity index (χ1) is 13.0. The predicted molar refractivity (Wildman–Crippen MR) is 105 cm³/mol. The lowest BCUT2D eigenvalue weighted by atomic mass is 9.70. The van der Waals surface area contributed by atoms with Crippen LogP contribution < -0.4 is 4.74 Å². The van der Waals surface area contributed by atoms with E-state index in [0.29, 0.717) is 5.56 Å². The number of hydrogen-bond donors (Lipinski definition) is 2. The quantitative estimate of drug-likeness (QED) is 0.513. The first-order valence-corrected chi connectivity index (χ1v) is 8.74. The first-order valence-electron chi connectivity index (χ1n) is 8.74. The van der Waals surface area contributed by atoms with Crippen molar-refractivity contribution in [2.45, 2.75) is 12.3 Å². The van der Waals surface area contributed by atoms with Crippen molar-refractivity contribution in [3.63, 3.8) is 0 Å². The van der Waals surface area contributed by atoms with Crippen molar-refractivity contribution in [1.82, 2.24) is 4.98 Å². The average molecular weight is 361 g/mol. The van der Waals surface area contributed by atoms with Gasteiger partial charge in [-0.3, -0.25) is 0 Å². The number of rotatable bonds is 4. The number of hydrogen-bond acceptors (Lipinski definition) is 2. The van der Waals surface area contributed by atoms with Gasteiger partial charge in [-0.1, -0.05) is 36.4 Å². The number of phenols is 1. The molecule has 27 heavy (non-hydrogen) atoms. The normalized spacial score (nSPS) is 13.4. The molecule has 0 unspecified atom stereocenters. The van der Waals surface area contributed by atoms with Crippen LogP contribution in [0.1, 0.15) is 23.6 Å². The van der Waals surface area contributed by atoms with E-state index in [4.69, 9.17) is 4.74 Å². The van der Waals surface area contributed by atoms with E-state index in [2.05, 4.69) is 4.98 Å². The summed E-state index contributed by atoms with van der Waals surface area (Å²) < 4.78 is 18.9. The molecule has 0 saturated carbocycles. The Kier molecular flexibility index (Phi) is 4.11. The van der Waals surface area contributed by atoms with Crippen molar-refractivity contribution in [1.29, 1.82) is 0 Å². The minimum atomic E-state index is -0.691. The molecule has 1 heterocycles. The van der Waals surface area contributed by atoms with Gasteiger partial charge in [-0.2, -0.15) is 0 Å². The van der Waals surface area contributed by atoms with Gasteiger partial charge in [-0.05, 0) is 42.3 Å². The zero-order chi connectivity index (χ0) is 19.0. The monoisotopic (exact) mass is 361 g/mol. The lowest BCUT2D eigenvalue weighted by Gasteiger charge is -2.32. The van der Waals surface area contributed by atoms with Crippen LogP contribution in [0.5, 0.6) is 11.5 Å². The minimum absolute atomic E-state index is 0.0707. The van der Waals surface area contributed by atoms with Crippen LogP contribution in [0.3, 0.4) is 0 Å². The fourth-order valence-electron chi connectivity index (χ4n) is 3.79. The molecule has 0 aliphatic carbocycles. The molecule has 0 amide bonds. The topological polar surface area (TPSA) is 45.2 Å². The van der Waals surface area contributed by atoms with E-state index in [1.54, 1.807) is 13.2 Å². The van der Waals surface area contributed by atoms with Crippen LogP contribution in [0.25, 0.3) is 10.9 Å². The van der Waals surface area contributed by atoms with Gasteiger partial charge in [-0.15, -0.1) is 0 Å². The summed E-state index contributed by atoms with van der Waals surface area (Å²) >= 11 is 0. The van der Waals surface area contributed by atoms with E-state index in [1.807, 2.05) is 61.7 Å². The molecule has 1 aromatic heterocycles. The van der Waals surface area contributed by atoms with Gasteiger partial charge in [-0.25, -0.2) is 4.39 Å². The van der Waals surface area contributed by atoms with Crippen molar-refractivity contribution in [2.75, 3.05) is 7.11 Å². The molecule has 4 heteroatoms. The smallest absolute Gasteiger partial charge is 0.126 e. The number of H-pyrrole nitrogens is 1. The molecule has 0 spiro atoms. The molecule has 2 N–H and O–H groups in total. The number of methoxy groups -OCH3 is 1. The largest absolute Gasteiger partial charge is 0.508 e. The molecule has 0 aliphatic rings. The third-order valence-electron chi connectivity index (χ3n) is 5.29. The highest BCUT2D eigenvalue weighted by atomic mass is 19.1. The number of benzene rings is 3. The van der Waals surface area contributed by atoms with Crippen LogP contribution >= 0.6 is 0 Å². The highest BCUT2D eigenvalue weighted by Crippen LogP contribution is 2.45. The number of fused-ring (bicyclic) bond motifs is 1. The summed E-state index contributed by atoms with van der Waals surface area (Å²) in [5, 5.41) is 11.6. The Hall–Kier alpha value is -3.27. The molecule has 136 valence electrons. The van der Waals surface area contributed by atoms with Crippen molar-refractivity contribution in [3.05, 3.63) is 95.4 Å². The van der Waals surface area contributed by atoms with Crippen LogP contribution in [0.4, 0.5) is 4.39 Å². The maximum absolute atomic E-state index is 13.6. The number of aromatic hydroxyl groups is 1. The zero-order valence-corrected chi connectivity index (χ0v) is 15.2. The molecule has 4 aromatic rings. The summed E-state index contributed by atoms with van der Waals surface area (Å²) in [4.78, 5) is 3.31. The Labute approximate surface area is 157 Å². The Morgan fingerprint density at radius 2 is 1.70 bits per heavy atom. The molecule has 0 radical (unpaired) electrons. The van der Waals surface area contributed by atoms with E-state index in [0.717, 1.165) is 33.8 Å². The first kappa shape index (κ1) is 17.2. The number of aromatic nitrogens is 1. The summed E-state index contributed by atoms with van der Waals surface area (Å²) in [6.07, 6.45) is 1.96. The number of para-hydroxylation sites is 1. The van der Waals surface area contributed by atoms with Crippen LogP contribution in [0.2, 0.25) is 0 Å². The maximum atomic E-state index is 13.6. The fraction of sp³-hybridized carbons (Fsp3) is 0.130. The maximum Gasteiger partial charge on any atom is 0.126 e. The second kappa shape index (κ2) is 6.47. The summed E-state index contributed by atoms with van der Waals surface area (Å²) in [7, 11) is 1.62. The molecule has 3 nitrogen and oxygen atoms in total. The van der Waals surface area contributed by atoms with Gasteiger partial charge in [0.1, 0.15) is 17.3 Å². The second-order valence-electron chi connectivity index (χ2n) is 6.76. The highest BCUT2D eigenvalue weighted by Gasteiger charge is 2.35. The van der Waals surface area contributed by atoms with Crippen molar-refractivity contribution in [2.24, 2.45) is 0 Å². The molecule has 0 saturated heterocycles. The van der Waals surface area contributed by atoms with Crippen LogP contribution in [0, 0.1) is 5.82 Å². The molecule has 4 rings (SSSR count). The van der Waals surface area contributed by atoms with Crippen LogP contribution in [0.15, 0.2) is 72.9 Å². The summed E-state index contributed by atoms with van der Waals surface area (Å²) in [6.45, 7) is 2.04. The second-order valence-corrected chi connectivity index (χ2v) is 6.76. The molecule has 1 atom stereocenters. The van der Waals surface area contributed by atoms with Gasteiger partial charge in [0.2, 0.25) is 0 Å². The number of ether oxygens (including phenoxy) is 1. The third-order valence-corrected chi connectivity index (χ3v) is 5.29. The molecule has 0 aliphatic heterocycles. The summed E-state index contributed by atoms with van der Waals surface area (Å²) in [5.74, 6) is 0.217. The lowest BCUT2D eigenvalue weighted by Crippen LogP contribution is -2.25. The summed E-state index contributed by atoms with van der Waals surface area (Å²) in [5.41, 5.74) is 2.93. The Bertz CT molecular complexity index is 1100. The van der Waals surface area contributed by atoms with Gasteiger partial charge < -0.3 is 14.8 Å². The molecule has 0 bridgehead atoms. The van der Waals surface area contributed by atoms with E-state index in [-0.39, 0.29) is 5.75 Å². The van der Waals surface area contributed by atoms with Crippen LogP contribution in [-0.4, -0.2) is 17.2 Å². The Morgan fingerprint density at radius 1 is 0.963 bits per heavy atom. The number of aromatic amines is 1. The van der Waals surface area contributed by atoms with E-state index in [9.17, 15) is 9.50 Å². The number of halogens is 1. The molecular weight excluding hydrogens is 341 g/mol. The summed E-state index contributed by atoms with van der Waals surface area (Å²) in [6, 6.07) is 19.9. The van der Waals surface area contributed by atoms with Gasteiger partial charge in [0.05, 0.1) is 7.11 Å². The van der Waals surface area contributed by atoms with Crippen molar-refractivity contribution >= 4 is 10.9 Å². The molecule has 3 aromatic carbocycles. The number of nitrogens with one attached hydrogen (secondary N) is 1.